The van der Waals surface area contributed by atoms with E-state index in [4.69, 9.17) is 4.42 Å². The van der Waals surface area contributed by atoms with E-state index < -0.39 is 0 Å². The van der Waals surface area contributed by atoms with Crippen molar-refractivity contribution in [2.24, 2.45) is 5.92 Å². The molecule has 1 fully saturated rings. The van der Waals surface area contributed by atoms with Crippen LogP contribution < -0.4 is 0 Å². The summed E-state index contributed by atoms with van der Waals surface area (Å²) >= 11 is 0. The summed E-state index contributed by atoms with van der Waals surface area (Å²) in [5, 5.41) is 0. The maximum Gasteiger partial charge on any atom is 0.289 e. The largest absolute Gasteiger partial charge is 0.459 e. The monoisotopic (exact) mass is 358 g/mol. The first-order chi connectivity index (χ1) is 12.5. The third-order valence-electron chi connectivity index (χ3n) is 4.78. The highest BCUT2D eigenvalue weighted by Crippen LogP contribution is 2.22. The molecule has 1 aromatic heterocycles. The van der Waals surface area contributed by atoms with Crippen molar-refractivity contribution < 1.29 is 18.4 Å². The zero-order chi connectivity index (χ0) is 18.7. The van der Waals surface area contributed by atoms with Crippen LogP contribution >= 0.6 is 0 Å². The number of carbonyl (C=O) groups excluding carboxylic acids is 2. The molecule has 0 N–H and O–H groups in total. The standard InChI is InChI=1S/C20H23FN2O3/c1-14(2)17-13-22(20(25)18-4-3-11-26-18)10-9-19(24)23(17)12-15-5-7-16(21)8-6-15/h3-8,11,14,17H,9-10,12-13H2,1-2H3/t17-/m0/s1. The van der Waals surface area contributed by atoms with Crippen LogP contribution in [0.5, 0.6) is 0 Å². The van der Waals surface area contributed by atoms with Crippen LogP contribution in [-0.2, 0) is 11.3 Å². The molecule has 1 atom stereocenters. The molecule has 0 aliphatic carbocycles. The smallest absolute Gasteiger partial charge is 0.289 e. The van der Waals surface area contributed by atoms with E-state index in [0.29, 0.717) is 19.6 Å². The van der Waals surface area contributed by atoms with Gasteiger partial charge in [0.15, 0.2) is 5.76 Å². The van der Waals surface area contributed by atoms with Gasteiger partial charge in [0.25, 0.3) is 5.91 Å². The van der Waals surface area contributed by atoms with Gasteiger partial charge in [0.1, 0.15) is 5.82 Å². The summed E-state index contributed by atoms with van der Waals surface area (Å²) in [6.45, 7) is 5.29. The van der Waals surface area contributed by atoms with Gasteiger partial charge in [0.2, 0.25) is 5.91 Å². The third-order valence-corrected chi connectivity index (χ3v) is 4.78. The van der Waals surface area contributed by atoms with Crippen molar-refractivity contribution in [2.45, 2.75) is 32.9 Å². The molecule has 2 aromatic rings. The molecular formula is C20H23FN2O3. The Morgan fingerprint density at radius 1 is 1.27 bits per heavy atom. The predicted molar refractivity (Wildman–Crippen MR) is 94.8 cm³/mol. The summed E-state index contributed by atoms with van der Waals surface area (Å²) in [7, 11) is 0. The van der Waals surface area contributed by atoms with Gasteiger partial charge >= 0.3 is 0 Å². The summed E-state index contributed by atoms with van der Waals surface area (Å²) in [5.74, 6) is -0.0391. The van der Waals surface area contributed by atoms with Crippen molar-refractivity contribution in [1.29, 1.82) is 0 Å². The first-order valence-electron chi connectivity index (χ1n) is 8.82. The lowest BCUT2D eigenvalue weighted by molar-refractivity contribution is -0.134. The zero-order valence-electron chi connectivity index (χ0n) is 15.0. The normalized spacial score (nSPS) is 18.3. The number of furan rings is 1. The first-order valence-corrected chi connectivity index (χ1v) is 8.82. The molecule has 0 unspecified atom stereocenters. The van der Waals surface area contributed by atoms with Crippen molar-refractivity contribution in [3.05, 3.63) is 59.8 Å². The molecule has 0 saturated carbocycles. The lowest BCUT2D eigenvalue weighted by Gasteiger charge is -2.34. The van der Waals surface area contributed by atoms with Crippen LogP contribution in [0.1, 0.15) is 36.4 Å². The molecule has 1 aliphatic heterocycles. The van der Waals surface area contributed by atoms with Gasteiger partial charge in [-0.15, -0.1) is 0 Å². The van der Waals surface area contributed by atoms with Crippen molar-refractivity contribution in [1.82, 2.24) is 9.80 Å². The summed E-state index contributed by atoms with van der Waals surface area (Å²) in [4.78, 5) is 28.9. The van der Waals surface area contributed by atoms with Crippen LogP contribution in [0.15, 0.2) is 47.1 Å². The van der Waals surface area contributed by atoms with Gasteiger partial charge in [0, 0.05) is 26.1 Å². The highest BCUT2D eigenvalue weighted by atomic mass is 19.1. The van der Waals surface area contributed by atoms with Gasteiger partial charge < -0.3 is 14.2 Å². The number of benzene rings is 1. The lowest BCUT2D eigenvalue weighted by Crippen LogP contribution is -2.47. The van der Waals surface area contributed by atoms with Crippen LogP contribution in [0, 0.1) is 11.7 Å². The molecule has 1 saturated heterocycles. The van der Waals surface area contributed by atoms with Gasteiger partial charge in [-0.1, -0.05) is 26.0 Å². The SMILES string of the molecule is CC(C)[C@@H]1CN(C(=O)c2ccco2)CCC(=O)N1Cc1ccc(F)cc1. The minimum Gasteiger partial charge on any atom is -0.459 e. The van der Waals surface area contributed by atoms with Gasteiger partial charge in [-0.25, -0.2) is 4.39 Å². The minimum absolute atomic E-state index is 0.00256. The molecule has 5 nitrogen and oxygen atoms in total. The fourth-order valence-electron chi connectivity index (χ4n) is 3.28. The molecule has 26 heavy (non-hydrogen) atoms. The van der Waals surface area contributed by atoms with E-state index in [1.54, 1.807) is 29.2 Å². The lowest BCUT2D eigenvalue weighted by atomic mass is 10.0. The van der Waals surface area contributed by atoms with Gasteiger partial charge in [-0.2, -0.15) is 0 Å². The maximum absolute atomic E-state index is 13.2. The average molecular weight is 358 g/mol. The van der Waals surface area contributed by atoms with Crippen LogP contribution in [0.25, 0.3) is 0 Å². The van der Waals surface area contributed by atoms with E-state index in [1.165, 1.54) is 18.4 Å². The van der Waals surface area contributed by atoms with Gasteiger partial charge in [0.05, 0.1) is 12.3 Å². The maximum atomic E-state index is 13.2. The fraction of sp³-hybridized carbons (Fsp3) is 0.400. The average Bonchev–Trinajstić information content (AvgIpc) is 3.10. The second kappa shape index (κ2) is 7.72. The van der Waals surface area contributed by atoms with Crippen molar-refractivity contribution >= 4 is 11.8 Å². The van der Waals surface area contributed by atoms with Gasteiger partial charge in [-0.05, 0) is 35.7 Å². The Morgan fingerprint density at radius 2 is 2.00 bits per heavy atom. The second-order valence-electron chi connectivity index (χ2n) is 6.94. The molecule has 138 valence electrons. The van der Waals surface area contributed by atoms with E-state index in [1.807, 2.05) is 18.7 Å². The summed E-state index contributed by atoms with van der Waals surface area (Å²) in [5.41, 5.74) is 0.871. The number of hydrogen-bond acceptors (Lipinski definition) is 3. The number of amides is 2. The quantitative estimate of drug-likeness (QED) is 0.842. The van der Waals surface area contributed by atoms with E-state index in [2.05, 4.69) is 0 Å². The van der Waals surface area contributed by atoms with Crippen molar-refractivity contribution in [3.63, 3.8) is 0 Å². The van der Waals surface area contributed by atoms with E-state index >= 15 is 0 Å². The highest BCUT2D eigenvalue weighted by molar-refractivity contribution is 5.92. The Morgan fingerprint density at radius 3 is 2.62 bits per heavy atom. The number of halogens is 1. The van der Waals surface area contributed by atoms with Crippen molar-refractivity contribution in [3.8, 4) is 0 Å². The molecular weight excluding hydrogens is 335 g/mol. The Hall–Kier alpha value is -2.63. The minimum atomic E-state index is -0.299. The molecule has 0 radical (unpaired) electrons. The Bertz CT molecular complexity index is 756. The van der Waals surface area contributed by atoms with Crippen LogP contribution in [0.3, 0.4) is 0 Å². The van der Waals surface area contributed by atoms with Gasteiger partial charge in [-0.3, -0.25) is 9.59 Å². The molecule has 2 heterocycles. The molecule has 0 bridgehead atoms. The first kappa shape index (κ1) is 18.2. The molecule has 1 aliphatic rings. The number of rotatable bonds is 4. The van der Waals surface area contributed by atoms with Crippen LogP contribution in [0.2, 0.25) is 0 Å². The topological polar surface area (TPSA) is 53.8 Å². The Kier molecular flexibility index (Phi) is 5.40. The summed E-state index contributed by atoms with van der Waals surface area (Å²) in [6.07, 6.45) is 1.73. The molecule has 3 rings (SSSR count). The second-order valence-corrected chi connectivity index (χ2v) is 6.94. The number of hydrogen-bond donors (Lipinski definition) is 0. The number of carbonyl (C=O) groups is 2. The Labute approximate surface area is 152 Å². The van der Waals surface area contributed by atoms with Crippen LogP contribution in [-0.4, -0.2) is 40.7 Å². The highest BCUT2D eigenvalue weighted by Gasteiger charge is 2.34. The molecule has 6 heteroatoms. The third kappa shape index (κ3) is 3.95. The summed E-state index contributed by atoms with van der Waals surface area (Å²) < 4.78 is 18.4. The zero-order valence-corrected chi connectivity index (χ0v) is 15.0. The van der Waals surface area contributed by atoms with Crippen molar-refractivity contribution in [2.75, 3.05) is 13.1 Å². The fourth-order valence-corrected chi connectivity index (χ4v) is 3.28. The molecule has 1 aromatic carbocycles. The van der Waals surface area contributed by atoms with E-state index in [0.717, 1.165) is 5.56 Å². The number of nitrogens with zero attached hydrogens (tertiary/aromatic N) is 2. The predicted octanol–water partition coefficient (Wildman–Crippen LogP) is 3.32. The van der Waals surface area contributed by atoms with Crippen LogP contribution in [0.4, 0.5) is 4.39 Å². The summed E-state index contributed by atoms with van der Waals surface area (Å²) in [6, 6.07) is 9.37. The van der Waals surface area contributed by atoms with E-state index in [9.17, 15) is 14.0 Å². The molecule has 0 spiro atoms. The Balaban J connectivity index is 1.81. The van der Waals surface area contributed by atoms with E-state index in [-0.39, 0.29) is 41.8 Å². The molecule has 2 amide bonds.